The molecule has 1 aliphatic carbocycles. The summed E-state index contributed by atoms with van der Waals surface area (Å²) >= 11 is 0. The summed E-state index contributed by atoms with van der Waals surface area (Å²) in [5, 5.41) is 18.1. The first-order chi connectivity index (χ1) is 16.5. The molecule has 3 aromatic rings. The predicted octanol–water partition coefficient (Wildman–Crippen LogP) is 4.99. The molecular weight excluding hydrogens is 435 g/mol. The van der Waals surface area contributed by atoms with Crippen molar-refractivity contribution >= 4 is 28.9 Å². The van der Waals surface area contributed by atoms with E-state index >= 15 is 0 Å². The Hall–Kier alpha value is -3.94. The van der Waals surface area contributed by atoms with E-state index in [1.165, 1.54) is 24.4 Å². The summed E-state index contributed by atoms with van der Waals surface area (Å²) < 4.78 is 13.9. The van der Waals surface area contributed by atoms with Crippen molar-refractivity contribution in [1.82, 2.24) is 10.3 Å². The SMILES string of the molecule is O=C(N[C@H](CC1CCCC1)C(=O)Nc1ccc(O)cc1)c1cccc(Nc2ccncc2F)c1. The number of aromatic hydroxyl groups is 1. The second-order valence-electron chi connectivity index (χ2n) is 8.51. The highest BCUT2D eigenvalue weighted by Crippen LogP contribution is 2.29. The zero-order chi connectivity index (χ0) is 23.9. The van der Waals surface area contributed by atoms with Crippen LogP contribution in [0.15, 0.2) is 67.0 Å². The predicted molar refractivity (Wildman–Crippen MR) is 128 cm³/mol. The van der Waals surface area contributed by atoms with Crippen LogP contribution in [0.1, 0.15) is 42.5 Å². The van der Waals surface area contributed by atoms with Crippen LogP contribution in [0.25, 0.3) is 0 Å². The van der Waals surface area contributed by atoms with E-state index in [0.29, 0.717) is 29.3 Å². The summed E-state index contributed by atoms with van der Waals surface area (Å²) in [6, 6.07) is 13.7. The van der Waals surface area contributed by atoms with E-state index in [9.17, 15) is 19.1 Å². The lowest BCUT2D eigenvalue weighted by molar-refractivity contribution is -0.118. The van der Waals surface area contributed by atoms with Crippen molar-refractivity contribution in [3.05, 3.63) is 78.4 Å². The number of phenols is 1. The summed E-state index contributed by atoms with van der Waals surface area (Å²) in [6.07, 6.45) is 7.47. The van der Waals surface area contributed by atoms with E-state index < -0.39 is 11.9 Å². The molecule has 34 heavy (non-hydrogen) atoms. The fraction of sp³-hybridized carbons (Fsp3) is 0.269. The van der Waals surface area contributed by atoms with E-state index in [4.69, 9.17) is 0 Å². The molecule has 1 saturated carbocycles. The zero-order valence-electron chi connectivity index (χ0n) is 18.6. The lowest BCUT2D eigenvalue weighted by Gasteiger charge is -2.22. The van der Waals surface area contributed by atoms with Gasteiger partial charge in [0.05, 0.1) is 11.9 Å². The zero-order valence-corrected chi connectivity index (χ0v) is 18.6. The summed E-state index contributed by atoms with van der Waals surface area (Å²) in [6.45, 7) is 0. The number of benzene rings is 2. The Morgan fingerprint density at radius 3 is 2.56 bits per heavy atom. The molecular formula is C26H27FN4O3. The van der Waals surface area contributed by atoms with Crippen LogP contribution < -0.4 is 16.0 Å². The number of carbonyl (C=O) groups excluding carboxylic acids is 2. The van der Waals surface area contributed by atoms with Crippen molar-refractivity contribution in [3.8, 4) is 5.75 Å². The molecule has 0 spiro atoms. The molecule has 1 fully saturated rings. The maximum absolute atomic E-state index is 13.9. The highest BCUT2D eigenvalue weighted by molar-refractivity contribution is 6.01. The number of phenolic OH excluding ortho intramolecular Hbond substituents is 1. The topological polar surface area (TPSA) is 103 Å². The lowest BCUT2D eigenvalue weighted by Crippen LogP contribution is -2.44. The van der Waals surface area contributed by atoms with Crippen molar-refractivity contribution in [2.75, 3.05) is 10.6 Å². The number of nitrogens with zero attached hydrogens (tertiary/aromatic N) is 1. The van der Waals surface area contributed by atoms with Gasteiger partial charge in [0, 0.05) is 23.1 Å². The Morgan fingerprint density at radius 2 is 1.82 bits per heavy atom. The van der Waals surface area contributed by atoms with Crippen LogP contribution in [0.3, 0.4) is 0 Å². The van der Waals surface area contributed by atoms with Gasteiger partial charge in [-0.3, -0.25) is 14.6 Å². The van der Waals surface area contributed by atoms with Gasteiger partial charge >= 0.3 is 0 Å². The van der Waals surface area contributed by atoms with E-state index in [1.54, 1.807) is 36.4 Å². The summed E-state index contributed by atoms with van der Waals surface area (Å²) in [5.41, 5.74) is 1.69. The van der Waals surface area contributed by atoms with Crippen LogP contribution in [-0.4, -0.2) is 27.9 Å². The number of nitrogens with one attached hydrogen (secondary N) is 3. The fourth-order valence-corrected chi connectivity index (χ4v) is 4.20. The highest BCUT2D eigenvalue weighted by Gasteiger charge is 2.27. The van der Waals surface area contributed by atoms with Gasteiger partial charge in [-0.2, -0.15) is 0 Å². The molecule has 4 N–H and O–H groups in total. The van der Waals surface area contributed by atoms with Crippen molar-refractivity contribution in [2.45, 2.75) is 38.1 Å². The first-order valence-corrected chi connectivity index (χ1v) is 11.4. The third-order valence-corrected chi connectivity index (χ3v) is 5.98. The normalized spacial score (nSPS) is 14.4. The van der Waals surface area contributed by atoms with E-state index in [1.807, 2.05) is 0 Å². The van der Waals surface area contributed by atoms with Gasteiger partial charge in [0.1, 0.15) is 11.8 Å². The van der Waals surface area contributed by atoms with Crippen molar-refractivity contribution in [1.29, 1.82) is 0 Å². The maximum Gasteiger partial charge on any atom is 0.252 e. The van der Waals surface area contributed by atoms with Gasteiger partial charge in [-0.25, -0.2) is 4.39 Å². The Balaban J connectivity index is 1.47. The Bertz CT molecular complexity index is 1150. The minimum absolute atomic E-state index is 0.106. The molecule has 2 aromatic carbocycles. The van der Waals surface area contributed by atoms with Crippen LogP contribution in [-0.2, 0) is 4.79 Å². The van der Waals surface area contributed by atoms with Crippen LogP contribution >= 0.6 is 0 Å². The van der Waals surface area contributed by atoms with Crippen LogP contribution in [0.2, 0.25) is 0 Å². The van der Waals surface area contributed by atoms with Crippen molar-refractivity contribution < 1.29 is 19.1 Å². The first-order valence-electron chi connectivity index (χ1n) is 11.4. The molecule has 0 saturated heterocycles. The fourth-order valence-electron chi connectivity index (χ4n) is 4.20. The smallest absolute Gasteiger partial charge is 0.252 e. The molecule has 176 valence electrons. The van der Waals surface area contributed by atoms with E-state index in [0.717, 1.165) is 31.9 Å². The van der Waals surface area contributed by atoms with Gasteiger partial charge in [0.25, 0.3) is 5.91 Å². The molecule has 1 aromatic heterocycles. The number of halogens is 1. The molecule has 0 aliphatic heterocycles. The molecule has 7 nitrogen and oxygen atoms in total. The molecule has 1 heterocycles. The third kappa shape index (κ3) is 6.10. The van der Waals surface area contributed by atoms with Gasteiger partial charge in [0.15, 0.2) is 5.82 Å². The molecule has 8 heteroatoms. The number of hydrogen-bond acceptors (Lipinski definition) is 5. The summed E-state index contributed by atoms with van der Waals surface area (Å²) in [4.78, 5) is 29.8. The molecule has 1 atom stereocenters. The van der Waals surface area contributed by atoms with E-state index in [-0.39, 0.29) is 23.3 Å². The molecule has 0 bridgehead atoms. The van der Waals surface area contributed by atoms with E-state index in [2.05, 4.69) is 20.9 Å². The summed E-state index contributed by atoms with van der Waals surface area (Å²) in [7, 11) is 0. The molecule has 0 radical (unpaired) electrons. The monoisotopic (exact) mass is 462 g/mol. The van der Waals surface area contributed by atoms with Crippen molar-refractivity contribution in [3.63, 3.8) is 0 Å². The quantitative estimate of drug-likeness (QED) is 0.353. The molecule has 1 aliphatic rings. The average molecular weight is 463 g/mol. The second kappa shape index (κ2) is 10.8. The number of amides is 2. The van der Waals surface area contributed by atoms with Gasteiger partial charge in [-0.15, -0.1) is 0 Å². The number of hydrogen-bond donors (Lipinski definition) is 4. The molecule has 0 unspecified atom stereocenters. The largest absolute Gasteiger partial charge is 0.508 e. The van der Waals surface area contributed by atoms with Gasteiger partial charge in [-0.05, 0) is 60.9 Å². The Kier molecular flexibility index (Phi) is 7.37. The first kappa shape index (κ1) is 23.2. The molecule has 2 amide bonds. The number of pyridine rings is 1. The standard InChI is InChI=1S/C26H27FN4O3/c27-22-16-28-13-12-23(22)29-20-7-3-6-18(15-20)25(33)31-24(14-17-4-1-2-5-17)26(34)30-19-8-10-21(32)11-9-19/h3,6-13,15-17,24,32H,1-2,4-5,14H2,(H,28,29)(H,30,34)(H,31,33)/t24-/m1/s1. The summed E-state index contributed by atoms with van der Waals surface area (Å²) in [5.74, 6) is -0.714. The molecule has 4 rings (SSSR count). The minimum Gasteiger partial charge on any atom is -0.508 e. The highest BCUT2D eigenvalue weighted by atomic mass is 19.1. The second-order valence-corrected chi connectivity index (χ2v) is 8.51. The van der Waals surface area contributed by atoms with Crippen LogP contribution in [0.5, 0.6) is 5.75 Å². The third-order valence-electron chi connectivity index (χ3n) is 5.98. The Labute approximate surface area is 197 Å². The van der Waals surface area contributed by atoms with Gasteiger partial charge in [-0.1, -0.05) is 31.7 Å². The average Bonchev–Trinajstić information content (AvgIpc) is 3.35. The van der Waals surface area contributed by atoms with Crippen LogP contribution in [0, 0.1) is 11.7 Å². The number of aromatic nitrogens is 1. The minimum atomic E-state index is -0.710. The Morgan fingerprint density at radius 1 is 1.06 bits per heavy atom. The maximum atomic E-state index is 13.9. The number of carbonyl (C=O) groups is 2. The number of anilines is 3. The lowest BCUT2D eigenvalue weighted by atomic mass is 9.97. The van der Waals surface area contributed by atoms with Gasteiger partial charge < -0.3 is 21.1 Å². The number of rotatable bonds is 8. The van der Waals surface area contributed by atoms with Crippen LogP contribution in [0.4, 0.5) is 21.5 Å². The van der Waals surface area contributed by atoms with Gasteiger partial charge in [0.2, 0.25) is 5.91 Å². The van der Waals surface area contributed by atoms with Crippen molar-refractivity contribution in [2.24, 2.45) is 5.92 Å².